The number of aryl methyl sites for hydroxylation is 1. The molecule has 0 amide bonds. The van der Waals surface area contributed by atoms with Crippen molar-refractivity contribution >= 4 is 9.84 Å². The lowest BCUT2D eigenvalue weighted by atomic mass is 10.5. The monoisotopic (exact) mass is 233 g/mol. The minimum atomic E-state index is -2.98. The van der Waals surface area contributed by atoms with Crippen LogP contribution < -0.4 is 0 Å². The second-order valence-electron chi connectivity index (χ2n) is 3.28. The summed E-state index contributed by atoms with van der Waals surface area (Å²) >= 11 is 0. The van der Waals surface area contributed by atoms with Gasteiger partial charge in [-0.2, -0.15) is 0 Å². The maximum Gasteiger partial charge on any atom is 0.152 e. The lowest BCUT2D eigenvalue weighted by Gasteiger charge is -2.01. The average molecular weight is 233 g/mol. The second kappa shape index (κ2) is 5.22. The highest BCUT2D eigenvalue weighted by atomic mass is 32.2. The molecule has 1 heterocycles. The summed E-state index contributed by atoms with van der Waals surface area (Å²) in [5, 5.41) is 16.1. The lowest BCUT2D eigenvalue weighted by Crippen LogP contribution is -2.16. The van der Waals surface area contributed by atoms with Crippen LogP contribution in [0, 0.1) is 0 Å². The standard InChI is InChI=1S/C8H15N3O3S/c1-2-4-15(13,14)5-3-11-6-8(7-12)9-10-11/h6,12H,2-5,7H2,1H3. The Morgan fingerprint density at radius 1 is 1.47 bits per heavy atom. The molecule has 0 fully saturated rings. The van der Waals surface area contributed by atoms with Gasteiger partial charge in [0.05, 0.1) is 25.1 Å². The molecule has 0 saturated carbocycles. The Labute approximate surface area is 88.8 Å². The van der Waals surface area contributed by atoms with Crippen LogP contribution in [0.25, 0.3) is 0 Å². The fourth-order valence-electron chi connectivity index (χ4n) is 1.17. The van der Waals surface area contributed by atoms with E-state index in [0.717, 1.165) is 0 Å². The molecule has 6 nitrogen and oxygen atoms in total. The molecule has 0 spiro atoms. The van der Waals surface area contributed by atoms with E-state index in [2.05, 4.69) is 10.3 Å². The summed E-state index contributed by atoms with van der Waals surface area (Å²) in [4.78, 5) is 0. The van der Waals surface area contributed by atoms with Crippen molar-refractivity contribution in [2.75, 3.05) is 11.5 Å². The van der Waals surface area contributed by atoms with Crippen molar-refractivity contribution in [2.45, 2.75) is 26.5 Å². The van der Waals surface area contributed by atoms with Gasteiger partial charge < -0.3 is 5.11 Å². The first kappa shape index (κ1) is 12.1. The molecule has 1 aromatic heterocycles. The molecule has 0 saturated heterocycles. The van der Waals surface area contributed by atoms with Gasteiger partial charge in [0.1, 0.15) is 5.69 Å². The highest BCUT2D eigenvalue weighted by molar-refractivity contribution is 7.91. The molecule has 0 bridgehead atoms. The van der Waals surface area contributed by atoms with Crippen molar-refractivity contribution in [3.05, 3.63) is 11.9 Å². The molecule has 86 valence electrons. The molecule has 0 aliphatic rings. The van der Waals surface area contributed by atoms with Crippen LogP contribution in [0.15, 0.2) is 6.20 Å². The number of rotatable bonds is 6. The predicted molar refractivity (Wildman–Crippen MR) is 54.9 cm³/mol. The maximum atomic E-state index is 11.4. The van der Waals surface area contributed by atoms with Gasteiger partial charge in [0.25, 0.3) is 0 Å². The number of aromatic nitrogens is 3. The van der Waals surface area contributed by atoms with Crippen molar-refractivity contribution in [1.29, 1.82) is 0 Å². The number of aliphatic hydroxyl groups excluding tert-OH is 1. The SMILES string of the molecule is CCCS(=O)(=O)CCn1cc(CO)nn1. The Morgan fingerprint density at radius 3 is 2.73 bits per heavy atom. The van der Waals surface area contributed by atoms with Gasteiger partial charge in [-0.05, 0) is 6.42 Å². The van der Waals surface area contributed by atoms with Crippen LogP contribution in [-0.2, 0) is 23.0 Å². The van der Waals surface area contributed by atoms with E-state index in [0.29, 0.717) is 12.1 Å². The summed E-state index contributed by atoms with van der Waals surface area (Å²) in [6.07, 6.45) is 2.17. The van der Waals surface area contributed by atoms with Gasteiger partial charge in [0, 0.05) is 5.75 Å². The van der Waals surface area contributed by atoms with E-state index in [1.165, 1.54) is 4.68 Å². The zero-order valence-electron chi connectivity index (χ0n) is 8.63. The van der Waals surface area contributed by atoms with Gasteiger partial charge in [-0.3, -0.25) is 4.68 Å². The molecule has 0 aromatic carbocycles. The zero-order chi connectivity index (χ0) is 11.3. The normalized spacial score (nSPS) is 11.9. The Hall–Kier alpha value is -0.950. The van der Waals surface area contributed by atoms with Crippen molar-refractivity contribution in [3.63, 3.8) is 0 Å². The number of hydrogen-bond acceptors (Lipinski definition) is 5. The summed E-state index contributed by atoms with van der Waals surface area (Å²) in [5.41, 5.74) is 0.447. The van der Waals surface area contributed by atoms with Crippen LogP contribution in [0.5, 0.6) is 0 Å². The average Bonchev–Trinajstić information content (AvgIpc) is 2.62. The molecule has 0 aliphatic carbocycles. The van der Waals surface area contributed by atoms with Gasteiger partial charge in [-0.15, -0.1) is 5.10 Å². The summed E-state index contributed by atoms with van der Waals surface area (Å²) in [7, 11) is -2.98. The first-order chi connectivity index (χ1) is 7.07. The quantitative estimate of drug-likeness (QED) is 0.722. The van der Waals surface area contributed by atoms with Crippen molar-refractivity contribution in [1.82, 2.24) is 15.0 Å². The van der Waals surface area contributed by atoms with Gasteiger partial charge in [-0.1, -0.05) is 12.1 Å². The number of aliphatic hydroxyl groups is 1. The van der Waals surface area contributed by atoms with Crippen LogP contribution in [0.3, 0.4) is 0 Å². The molecule has 1 N–H and O–H groups in total. The van der Waals surface area contributed by atoms with Crippen LogP contribution in [-0.4, -0.2) is 40.0 Å². The largest absolute Gasteiger partial charge is 0.390 e. The van der Waals surface area contributed by atoms with Crippen LogP contribution in [0.2, 0.25) is 0 Å². The van der Waals surface area contributed by atoms with E-state index in [1.807, 2.05) is 6.92 Å². The molecular formula is C8H15N3O3S. The molecule has 1 aromatic rings. The Morgan fingerprint density at radius 2 is 2.20 bits per heavy atom. The van der Waals surface area contributed by atoms with E-state index in [-0.39, 0.29) is 24.7 Å². The minimum Gasteiger partial charge on any atom is -0.390 e. The molecular weight excluding hydrogens is 218 g/mol. The lowest BCUT2D eigenvalue weighted by molar-refractivity contribution is 0.276. The van der Waals surface area contributed by atoms with Crippen LogP contribution in [0.4, 0.5) is 0 Å². The summed E-state index contributed by atoms with van der Waals surface area (Å²) < 4.78 is 24.2. The highest BCUT2D eigenvalue weighted by Crippen LogP contribution is 1.97. The molecule has 0 unspecified atom stereocenters. The first-order valence-corrected chi connectivity index (χ1v) is 6.60. The van der Waals surface area contributed by atoms with Crippen molar-refractivity contribution in [3.8, 4) is 0 Å². The smallest absolute Gasteiger partial charge is 0.152 e. The number of nitrogens with zero attached hydrogens (tertiary/aromatic N) is 3. The molecule has 1 rings (SSSR count). The molecule has 0 radical (unpaired) electrons. The van der Waals surface area contributed by atoms with E-state index < -0.39 is 9.84 Å². The fourth-order valence-corrected chi connectivity index (χ4v) is 2.46. The molecule has 7 heteroatoms. The highest BCUT2D eigenvalue weighted by Gasteiger charge is 2.10. The Balaban J connectivity index is 2.50. The topological polar surface area (TPSA) is 85.1 Å². The van der Waals surface area contributed by atoms with Gasteiger partial charge in [0.15, 0.2) is 9.84 Å². The van der Waals surface area contributed by atoms with E-state index in [9.17, 15) is 8.42 Å². The Bertz CT molecular complexity index is 399. The summed E-state index contributed by atoms with van der Waals surface area (Å²) in [6, 6.07) is 0. The maximum absolute atomic E-state index is 11.4. The number of hydrogen-bond donors (Lipinski definition) is 1. The third-order valence-electron chi connectivity index (χ3n) is 1.89. The van der Waals surface area contributed by atoms with Gasteiger partial charge >= 0.3 is 0 Å². The van der Waals surface area contributed by atoms with E-state index in [4.69, 9.17) is 5.11 Å². The van der Waals surface area contributed by atoms with Gasteiger partial charge in [-0.25, -0.2) is 8.42 Å². The van der Waals surface area contributed by atoms with E-state index in [1.54, 1.807) is 6.20 Å². The number of sulfone groups is 1. The minimum absolute atomic E-state index is 0.0646. The molecule has 0 aliphatic heterocycles. The second-order valence-corrected chi connectivity index (χ2v) is 5.59. The zero-order valence-corrected chi connectivity index (χ0v) is 9.44. The first-order valence-electron chi connectivity index (χ1n) is 4.77. The van der Waals surface area contributed by atoms with E-state index >= 15 is 0 Å². The van der Waals surface area contributed by atoms with Crippen LogP contribution in [0.1, 0.15) is 19.0 Å². The third-order valence-corrected chi connectivity index (χ3v) is 3.73. The van der Waals surface area contributed by atoms with Gasteiger partial charge in [0.2, 0.25) is 0 Å². The summed E-state index contributed by atoms with van der Waals surface area (Å²) in [6.45, 7) is 1.94. The third kappa shape index (κ3) is 3.96. The van der Waals surface area contributed by atoms with Crippen LogP contribution >= 0.6 is 0 Å². The summed E-state index contributed by atoms with van der Waals surface area (Å²) in [5.74, 6) is 0.267. The Kier molecular flexibility index (Phi) is 4.22. The van der Waals surface area contributed by atoms with Crippen molar-refractivity contribution in [2.24, 2.45) is 0 Å². The predicted octanol–water partition coefficient (Wildman–Crippen LogP) is -0.405. The molecule has 0 atom stereocenters. The van der Waals surface area contributed by atoms with Crippen molar-refractivity contribution < 1.29 is 13.5 Å². The molecule has 15 heavy (non-hydrogen) atoms. The fraction of sp³-hybridized carbons (Fsp3) is 0.750.